The van der Waals surface area contributed by atoms with E-state index in [0.717, 1.165) is 11.1 Å². The van der Waals surface area contributed by atoms with Crippen molar-refractivity contribution in [2.45, 2.75) is 116 Å². The number of methoxy groups -OCH3 is 4. The maximum absolute atomic E-state index is 14.4. The van der Waals surface area contributed by atoms with E-state index in [1.165, 1.54) is 52.7 Å². The van der Waals surface area contributed by atoms with Gasteiger partial charge in [-0.1, -0.05) is 88.4 Å². The predicted octanol–water partition coefficient (Wildman–Crippen LogP) is 9.61. The summed E-state index contributed by atoms with van der Waals surface area (Å²) in [5.41, 5.74) is 8.49. The summed E-state index contributed by atoms with van der Waals surface area (Å²) in [6.07, 6.45) is -5.80. The van der Waals surface area contributed by atoms with E-state index in [2.05, 4.69) is 10.6 Å². The molecule has 0 unspecified atom stereocenters. The molecule has 6 aromatic carbocycles. The zero-order valence-electron chi connectivity index (χ0n) is 52.2. The number of aliphatic hydroxyl groups excluding tert-OH is 4. The molecule has 2 aromatic heterocycles. The summed E-state index contributed by atoms with van der Waals surface area (Å²) in [6.45, 7) is 8.28. The second-order valence-electron chi connectivity index (χ2n) is 22.3. The zero-order valence-corrected chi connectivity index (χ0v) is 54.4. The second kappa shape index (κ2) is 33.8. The minimum Gasteiger partial charge on any atom is -0.550 e. The van der Waals surface area contributed by atoms with Crippen molar-refractivity contribution in [3.05, 3.63) is 180 Å². The number of hydrogen-bond donors (Lipinski definition) is 6. The number of amides is 2. The van der Waals surface area contributed by atoms with Crippen LogP contribution in [0.4, 0.5) is 20.2 Å². The molecule has 0 radical (unpaired) electrons. The molecule has 0 aliphatic carbocycles. The Bertz CT molecular complexity index is 3440. The third-order valence-electron chi connectivity index (χ3n) is 15.0. The Hall–Kier alpha value is -8.08. The first-order chi connectivity index (χ1) is 43.0. The smallest absolute Gasteiger partial charge is 0.550 e. The number of hydrogen-bond acceptors (Lipinski definition) is 14. The van der Waals surface area contributed by atoms with Crippen LogP contribution in [0.25, 0.3) is 44.8 Å². The first kappa shape index (κ1) is 72.0. The van der Waals surface area contributed by atoms with Gasteiger partial charge in [0.2, 0.25) is 0 Å². The number of rotatable bonds is 28. The van der Waals surface area contributed by atoms with Crippen molar-refractivity contribution in [1.29, 1.82) is 0 Å². The number of benzene rings is 6. The Morgan fingerprint density at radius 1 is 0.462 bits per heavy atom. The van der Waals surface area contributed by atoms with E-state index < -0.39 is 60.8 Å². The minimum absolute atomic E-state index is 0. The summed E-state index contributed by atoms with van der Waals surface area (Å²) in [5, 5.41) is 69.6. The average Bonchev–Trinajstić information content (AvgIpc) is 1.61. The summed E-state index contributed by atoms with van der Waals surface area (Å²) in [5.74, 6) is -2.78. The number of aliphatic hydroxyl groups is 4. The number of carbonyl (C=O) groups is 4. The Morgan fingerprint density at radius 3 is 1.04 bits per heavy atom. The molecule has 0 aliphatic rings. The Kier molecular flexibility index (Phi) is 26.8. The normalized spacial score (nSPS) is 12.4. The fraction of sp³-hybridized carbons (Fsp3) is 0.314. The van der Waals surface area contributed by atoms with Gasteiger partial charge in [0.05, 0.1) is 75.4 Å². The number of aromatic nitrogens is 2. The quantitative estimate of drug-likeness (QED) is 0.0249. The van der Waals surface area contributed by atoms with E-state index in [4.69, 9.17) is 18.9 Å². The van der Waals surface area contributed by atoms with E-state index in [1.54, 1.807) is 60.7 Å². The Balaban J connectivity index is 0.000000286. The van der Waals surface area contributed by atoms with Crippen molar-refractivity contribution in [2.24, 2.45) is 0 Å². The molecule has 476 valence electrons. The number of ether oxygens (including phenoxy) is 4. The maximum atomic E-state index is 14.4. The maximum Gasteiger partial charge on any atom is 2.00 e. The van der Waals surface area contributed by atoms with Gasteiger partial charge in [0.15, 0.2) is 0 Å². The molecule has 0 bridgehead atoms. The second-order valence-corrected chi connectivity index (χ2v) is 22.3. The van der Waals surface area contributed by atoms with Gasteiger partial charge in [-0.15, -0.1) is 0 Å². The number of aliphatic carboxylic acids is 2. The van der Waals surface area contributed by atoms with Crippen LogP contribution in [-0.2, 0) is 22.7 Å². The van der Waals surface area contributed by atoms with Gasteiger partial charge in [-0.05, 0) is 108 Å². The number of anilines is 2. The first-order valence-electron chi connectivity index (χ1n) is 29.4. The van der Waals surface area contributed by atoms with Crippen LogP contribution in [-0.4, -0.2) is 144 Å². The topological polar surface area (TPSA) is 266 Å². The Labute approximate surface area is 558 Å². The molecule has 6 N–H and O–H groups in total. The molecule has 2 heterocycles. The third-order valence-corrected chi connectivity index (χ3v) is 15.0. The zero-order chi connectivity index (χ0) is 65.3. The molecule has 4 atom stereocenters. The molecule has 0 spiro atoms. The summed E-state index contributed by atoms with van der Waals surface area (Å²) in [6, 6.07) is 40.9. The van der Waals surface area contributed by atoms with E-state index in [1.807, 2.05) is 97.5 Å². The Morgan fingerprint density at radius 2 is 0.769 bits per heavy atom. The number of carboxylic acids is 2. The average molecular weight is 1280 g/mol. The number of carbonyl (C=O) groups excluding carboxylic acids is 4. The monoisotopic (exact) mass is 1270 g/mol. The van der Waals surface area contributed by atoms with Gasteiger partial charge in [0.1, 0.15) is 34.6 Å². The van der Waals surface area contributed by atoms with Crippen molar-refractivity contribution in [2.75, 3.05) is 39.1 Å². The van der Waals surface area contributed by atoms with Gasteiger partial charge >= 0.3 is 37.7 Å². The van der Waals surface area contributed by atoms with E-state index in [-0.39, 0.29) is 100 Å². The molecule has 21 heteroatoms. The van der Waals surface area contributed by atoms with Crippen molar-refractivity contribution in [1.82, 2.24) is 9.13 Å². The summed E-state index contributed by atoms with van der Waals surface area (Å²) in [4.78, 5) is 50.6. The van der Waals surface area contributed by atoms with Crippen molar-refractivity contribution < 1.29 is 77.5 Å². The van der Waals surface area contributed by atoms with Crippen LogP contribution in [0.15, 0.2) is 146 Å². The molecule has 2 amide bonds. The van der Waals surface area contributed by atoms with Crippen LogP contribution >= 0.6 is 0 Å². The van der Waals surface area contributed by atoms with Crippen molar-refractivity contribution >= 4 is 72.9 Å². The van der Waals surface area contributed by atoms with Crippen LogP contribution in [0, 0.1) is 11.6 Å². The van der Waals surface area contributed by atoms with Crippen molar-refractivity contribution in [3.63, 3.8) is 0 Å². The van der Waals surface area contributed by atoms with Gasteiger partial charge in [0.25, 0.3) is 11.8 Å². The SMILES string of the molecule is COc1cc(NC(=O)c2c(-c3ccccc3)c(-c3ccc(F)cc3)n(CC[C@@H](O)C[C@@H](O)CC(=O)[O-])c2C(C)C)cc(OC)c1.COc1cc(NC(=O)c2c(-c3ccccc3)c(-c3ccc(F)cc3)n(CC[C@@H](O)C[C@@H](O)CC(=O)[O-])c2C(C)C)cc(OC)c1.[Ca+2]. The third kappa shape index (κ3) is 19.0. The largest absolute Gasteiger partial charge is 2.00 e. The van der Waals surface area contributed by atoms with Gasteiger partial charge in [-0.2, -0.15) is 0 Å². The standard InChI is InChI=1S/2C35H39FN2O7.Ca/c2*1-21(2)33-32(35(43)37-25-16-28(44-3)20-29(17-25)45-4)31(22-8-6-5-7-9-22)34(23-10-12-24(36)13-11-23)38(33)15-14-26(39)18-27(40)19-30(41)42;/h2*5-13,16-17,20-21,26-27,39-40H,14-15,18-19H2,1-4H3,(H,37,43)(H,41,42);/q;;+2/p-2/t2*26-,27-;/m11./s1. The summed E-state index contributed by atoms with van der Waals surface area (Å²) >= 11 is 0. The van der Waals surface area contributed by atoms with Gasteiger partial charge in [-0.25, -0.2) is 8.78 Å². The number of carboxylic acid groups (broad SMARTS) is 2. The molecular formula is C70H76CaF2N4O14. The molecule has 0 aliphatic heterocycles. The van der Waals surface area contributed by atoms with E-state index >= 15 is 0 Å². The molecule has 8 aromatic rings. The van der Waals surface area contributed by atoms with Gasteiger partial charge in [0, 0.05) is 108 Å². The minimum atomic E-state index is -1.40. The number of nitrogens with one attached hydrogen (secondary N) is 2. The van der Waals surface area contributed by atoms with Crippen LogP contribution < -0.4 is 39.8 Å². The molecule has 0 saturated carbocycles. The molecule has 91 heavy (non-hydrogen) atoms. The fourth-order valence-electron chi connectivity index (χ4n) is 11.1. The number of nitrogens with zero attached hydrogens (tertiary/aromatic N) is 2. The number of halogens is 2. The van der Waals surface area contributed by atoms with Crippen molar-refractivity contribution in [3.8, 4) is 67.8 Å². The molecule has 8 rings (SSSR count). The van der Waals surface area contributed by atoms with Gasteiger partial charge < -0.3 is 78.9 Å². The van der Waals surface area contributed by atoms with Crippen LogP contribution in [0.2, 0.25) is 0 Å². The van der Waals surface area contributed by atoms with Crippen LogP contribution in [0.3, 0.4) is 0 Å². The predicted molar refractivity (Wildman–Crippen MR) is 341 cm³/mol. The fourth-order valence-corrected chi connectivity index (χ4v) is 11.1. The van der Waals surface area contributed by atoms with Crippen LogP contribution in [0.1, 0.15) is 110 Å². The molecular weight excluding hydrogens is 1200 g/mol. The van der Waals surface area contributed by atoms with E-state index in [0.29, 0.717) is 90.5 Å². The van der Waals surface area contributed by atoms with E-state index in [9.17, 15) is 58.6 Å². The molecule has 0 saturated heterocycles. The van der Waals surface area contributed by atoms with Crippen LogP contribution in [0.5, 0.6) is 23.0 Å². The first-order valence-corrected chi connectivity index (χ1v) is 29.4. The van der Waals surface area contributed by atoms with Gasteiger partial charge in [-0.3, -0.25) is 9.59 Å². The summed E-state index contributed by atoms with van der Waals surface area (Å²) < 4.78 is 53.7. The summed E-state index contributed by atoms with van der Waals surface area (Å²) in [7, 11) is 6.08. The molecule has 0 fully saturated rings. The molecule has 18 nitrogen and oxygen atoms in total.